The molecule has 11 heavy (non-hydrogen) atoms. The lowest BCUT2D eigenvalue weighted by molar-refractivity contribution is -0.129. The number of nitrogens with zero attached hydrogens (tertiary/aromatic N) is 1. The Hall–Kier alpha value is -1.64. The summed E-state index contributed by atoms with van der Waals surface area (Å²) in [6, 6.07) is 0. The molecule has 0 atom stereocenters. The minimum atomic E-state index is -1.01. The van der Waals surface area contributed by atoms with Crippen LogP contribution < -0.4 is 0 Å². The molecule has 56 valence electrons. The molecule has 1 rings (SSSR count). The van der Waals surface area contributed by atoms with Crippen LogP contribution in [0, 0.1) is 0 Å². The van der Waals surface area contributed by atoms with Crippen molar-refractivity contribution in [1.29, 1.82) is 0 Å². The molecule has 0 radical (unpaired) electrons. The number of carboxylic acids is 1. The maximum absolute atomic E-state index is 10.4. The minimum absolute atomic E-state index is 0.0469. The van der Waals surface area contributed by atoms with Crippen molar-refractivity contribution in [2.75, 3.05) is 0 Å². The van der Waals surface area contributed by atoms with Gasteiger partial charge in [0.25, 0.3) is 0 Å². The van der Waals surface area contributed by atoms with Crippen LogP contribution in [0.4, 0.5) is 0 Å². The first-order valence-corrected chi connectivity index (χ1v) is 3.11. The Labute approximate surface area is 64.1 Å². The van der Waals surface area contributed by atoms with Crippen LogP contribution in [-0.4, -0.2) is 16.8 Å². The molecule has 1 aliphatic rings. The van der Waals surface area contributed by atoms with E-state index in [1.54, 1.807) is 24.3 Å². The molecule has 3 heteroatoms. The van der Waals surface area contributed by atoms with Gasteiger partial charge in [-0.05, 0) is 12.2 Å². The fraction of sp³-hybridized carbons (Fsp3) is 0. The van der Waals surface area contributed by atoms with Crippen molar-refractivity contribution < 1.29 is 9.90 Å². The predicted octanol–water partition coefficient (Wildman–Crippen LogP) is 1.15. The van der Waals surface area contributed by atoms with Crippen LogP contribution in [0.3, 0.4) is 0 Å². The zero-order valence-electron chi connectivity index (χ0n) is 5.77. The smallest absolute Gasteiger partial charge is 0.354 e. The van der Waals surface area contributed by atoms with E-state index in [1.807, 2.05) is 0 Å². The third-order valence-corrected chi connectivity index (χ3v) is 1.11. The molecule has 1 N–H and O–H groups in total. The van der Waals surface area contributed by atoms with Gasteiger partial charge in [0.2, 0.25) is 0 Å². The van der Waals surface area contributed by atoms with Crippen LogP contribution in [0.15, 0.2) is 41.6 Å². The van der Waals surface area contributed by atoms with Gasteiger partial charge in [0.05, 0.1) is 0 Å². The number of hydrogen-bond acceptors (Lipinski definition) is 2. The molecule has 0 unspecified atom stereocenters. The molecule has 0 aromatic rings. The van der Waals surface area contributed by atoms with E-state index in [2.05, 4.69) is 4.99 Å². The van der Waals surface area contributed by atoms with Crippen LogP contribution in [0.25, 0.3) is 0 Å². The molecule has 1 heterocycles. The maximum Gasteiger partial charge on any atom is 0.354 e. The fourth-order valence-electron chi connectivity index (χ4n) is 0.618. The van der Waals surface area contributed by atoms with Crippen molar-refractivity contribution in [3.63, 3.8) is 0 Å². The van der Waals surface area contributed by atoms with Gasteiger partial charge in [0, 0.05) is 6.20 Å². The van der Waals surface area contributed by atoms with Gasteiger partial charge in [-0.15, -0.1) is 0 Å². The Morgan fingerprint density at radius 1 is 1.27 bits per heavy atom. The van der Waals surface area contributed by atoms with Gasteiger partial charge in [-0.3, -0.25) is 0 Å². The number of aliphatic imine (C=N–C) groups is 1. The average Bonchev–Trinajstić information content (AvgIpc) is 1.84. The molecule has 0 saturated heterocycles. The summed E-state index contributed by atoms with van der Waals surface area (Å²) in [5, 5.41) is 8.52. The van der Waals surface area contributed by atoms with E-state index in [0.717, 1.165) is 0 Å². The molecule has 3 nitrogen and oxygen atoms in total. The first-order valence-electron chi connectivity index (χ1n) is 3.11. The topological polar surface area (TPSA) is 49.7 Å². The Balaban J connectivity index is 2.87. The van der Waals surface area contributed by atoms with E-state index in [-0.39, 0.29) is 5.71 Å². The van der Waals surface area contributed by atoms with Crippen LogP contribution >= 0.6 is 0 Å². The summed E-state index contributed by atoms with van der Waals surface area (Å²) >= 11 is 0. The van der Waals surface area contributed by atoms with Gasteiger partial charge in [-0.2, -0.15) is 0 Å². The zero-order valence-corrected chi connectivity index (χ0v) is 5.77. The summed E-state index contributed by atoms with van der Waals surface area (Å²) in [6.45, 7) is 0. The van der Waals surface area contributed by atoms with Crippen molar-refractivity contribution in [3.8, 4) is 0 Å². The molecule has 0 bridgehead atoms. The van der Waals surface area contributed by atoms with E-state index in [1.165, 1.54) is 12.3 Å². The fourth-order valence-corrected chi connectivity index (χ4v) is 0.618. The lowest BCUT2D eigenvalue weighted by Gasteiger charge is -1.90. The van der Waals surface area contributed by atoms with Crippen LogP contribution in [0.2, 0.25) is 0 Å². The predicted molar refractivity (Wildman–Crippen MR) is 42.5 cm³/mol. The van der Waals surface area contributed by atoms with Crippen molar-refractivity contribution in [2.24, 2.45) is 4.99 Å². The Morgan fingerprint density at radius 2 is 2.00 bits per heavy atom. The quantitative estimate of drug-likeness (QED) is 0.608. The molecule has 1 aliphatic heterocycles. The molecule has 0 aromatic heterocycles. The second-order valence-corrected chi connectivity index (χ2v) is 1.91. The second-order valence-electron chi connectivity index (χ2n) is 1.91. The number of rotatable bonds is 1. The molecule has 0 aromatic carbocycles. The zero-order chi connectivity index (χ0) is 8.10. The number of carbonyl (C=O) groups is 1. The molecule has 0 amide bonds. The largest absolute Gasteiger partial charge is 0.477 e. The standard InChI is InChI=1S/C8H7NO2/c10-8(11)7-5-3-1-2-4-6-9-7/h1-6H,(H,10,11)/b2-1-,3-1?,4-2?,5-3-,6-4-,7-5?,9-6?,9-7+. The third-order valence-electron chi connectivity index (χ3n) is 1.11. The summed E-state index contributed by atoms with van der Waals surface area (Å²) in [4.78, 5) is 14.1. The van der Waals surface area contributed by atoms with Crippen molar-refractivity contribution in [2.45, 2.75) is 0 Å². The molecule has 0 fully saturated rings. The molecular formula is C8H7NO2. The van der Waals surface area contributed by atoms with E-state index in [4.69, 9.17) is 5.11 Å². The molecule has 0 spiro atoms. The van der Waals surface area contributed by atoms with Crippen molar-refractivity contribution in [1.82, 2.24) is 0 Å². The van der Waals surface area contributed by atoms with E-state index in [9.17, 15) is 4.79 Å². The molecule has 0 saturated carbocycles. The molecule has 0 aliphatic carbocycles. The van der Waals surface area contributed by atoms with E-state index >= 15 is 0 Å². The van der Waals surface area contributed by atoms with Gasteiger partial charge in [-0.25, -0.2) is 9.79 Å². The SMILES string of the molecule is O=C(O)C1=N/C=C\C=C/C=C\1. The van der Waals surface area contributed by atoms with E-state index < -0.39 is 5.97 Å². The highest BCUT2D eigenvalue weighted by molar-refractivity contribution is 6.40. The van der Waals surface area contributed by atoms with Crippen molar-refractivity contribution >= 4 is 11.7 Å². The average molecular weight is 149 g/mol. The Morgan fingerprint density at radius 3 is 2.73 bits per heavy atom. The Kier molecular flexibility index (Phi) is 2.38. The summed E-state index contributed by atoms with van der Waals surface area (Å²) in [5.74, 6) is -1.01. The number of hydrogen-bond donors (Lipinski definition) is 1. The van der Waals surface area contributed by atoms with Gasteiger partial charge in [-0.1, -0.05) is 18.2 Å². The van der Waals surface area contributed by atoms with Crippen LogP contribution in [0.5, 0.6) is 0 Å². The van der Waals surface area contributed by atoms with Crippen LogP contribution in [0.1, 0.15) is 0 Å². The van der Waals surface area contributed by atoms with Gasteiger partial charge >= 0.3 is 5.97 Å². The summed E-state index contributed by atoms with van der Waals surface area (Å²) < 4.78 is 0. The highest BCUT2D eigenvalue weighted by atomic mass is 16.4. The number of allylic oxidation sites excluding steroid dienone is 4. The van der Waals surface area contributed by atoms with Crippen molar-refractivity contribution in [3.05, 3.63) is 36.6 Å². The highest BCUT2D eigenvalue weighted by Gasteiger charge is 2.02. The first-order chi connectivity index (χ1) is 5.30. The Bertz CT molecular complexity index is 272. The normalized spacial score (nSPS) is 28.9. The van der Waals surface area contributed by atoms with Gasteiger partial charge in [0.1, 0.15) is 5.71 Å². The molecular weight excluding hydrogens is 142 g/mol. The highest BCUT2D eigenvalue weighted by Crippen LogP contribution is 1.91. The summed E-state index contributed by atoms with van der Waals surface area (Å²) in [7, 11) is 0. The minimum Gasteiger partial charge on any atom is -0.477 e. The van der Waals surface area contributed by atoms with Crippen LogP contribution in [-0.2, 0) is 4.79 Å². The van der Waals surface area contributed by atoms with Gasteiger partial charge < -0.3 is 5.11 Å². The summed E-state index contributed by atoms with van der Waals surface area (Å²) in [5.41, 5.74) is 0.0469. The van der Waals surface area contributed by atoms with Gasteiger partial charge in [0.15, 0.2) is 0 Å². The second kappa shape index (κ2) is 3.51. The lowest BCUT2D eigenvalue weighted by Crippen LogP contribution is -2.09. The third kappa shape index (κ3) is 2.21. The number of aliphatic carboxylic acids is 1. The number of carboxylic acid groups (broad SMARTS) is 1. The monoisotopic (exact) mass is 149 g/mol. The lowest BCUT2D eigenvalue weighted by atomic mass is 10.3. The summed E-state index contributed by atoms with van der Waals surface area (Å²) in [6.07, 6.45) is 9.72. The maximum atomic E-state index is 10.4. The first kappa shape index (κ1) is 7.47. The van der Waals surface area contributed by atoms with E-state index in [0.29, 0.717) is 0 Å².